The molecule has 1 aliphatic heterocycles. The number of aliphatic hydroxyl groups excluding tert-OH is 1. The third-order valence-corrected chi connectivity index (χ3v) is 6.44. The molecule has 0 aromatic heterocycles. The summed E-state index contributed by atoms with van der Waals surface area (Å²) in [7, 11) is 6.14. The van der Waals surface area contributed by atoms with Crippen LogP contribution in [0.2, 0.25) is 0 Å². The minimum Gasteiger partial charge on any atom is -0.507 e. The fourth-order valence-electron chi connectivity index (χ4n) is 4.42. The fourth-order valence-corrected chi connectivity index (χ4v) is 4.42. The van der Waals surface area contributed by atoms with Crippen LogP contribution in [0.25, 0.3) is 5.76 Å². The summed E-state index contributed by atoms with van der Waals surface area (Å²) in [4.78, 5) is 28.1. The second kappa shape index (κ2) is 11.1. The van der Waals surface area contributed by atoms with Crippen LogP contribution in [0, 0.1) is 0 Å². The Bertz CT molecular complexity index is 1310. The minimum atomic E-state index is -0.795. The SMILES string of the molecule is COc1ccc(CCN2C(=O)C(=O)/C(=C(\O)c3ccc(OC)cc3OC)C2c2ccc(OC)cc2)cc1. The Kier molecular flexibility index (Phi) is 7.67. The van der Waals surface area contributed by atoms with Gasteiger partial charge < -0.3 is 29.0 Å². The van der Waals surface area contributed by atoms with Gasteiger partial charge in [-0.15, -0.1) is 0 Å². The van der Waals surface area contributed by atoms with E-state index in [4.69, 9.17) is 18.9 Å². The predicted molar refractivity (Wildman–Crippen MR) is 138 cm³/mol. The first-order valence-electron chi connectivity index (χ1n) is 11.7. The normalized spacial score (nSPS) is 16.5. The number of Topliss-reactive ketones (excluding diaryl/α,β-unsaturated/α-hetero) is 1. The Morgan fingerprint density at radius 1 is 0.784 bits per heavy atom. The van der Waals surface area contributed by atoms with Crippen molar-refractivity contribution in [3.8, 4) is 23.0 Å². The molecule has 0 bridgehead atoms. The molecule has 1 fully saturated rings. The van der Waals surface area contributed by atoms with E-state index in [0.717, 1.165) is 11.3 Å². The van der Waals surface area contributed by atoms with Crippen LogP contribution in [0.3, 0.4) is 0 Å². The van der Waals surface area contributed by atoms with Crippen molar-refractivity contribution >= 4 is 17.4 Å². The average Bonchev–Trinajstić information content (AvgIpc) is 3.20. The van der Waals surface area contributed by atoms with E-state index in [1.165, 1.54) is 19.1 Å². The third kappa shape index (κ3) is 5.09. The van der Waals surface area contributed by atoms with Crippen molar-refractivity contribution in [3.63, 3.8) is 0 Å². The lowest BCUT2D eigenvalue weighted by molar-refractivity contribution is -0.139. The maximum atomic E-state index is 13.3. The van der Waals surface area contributed by atoms with E-state index in [9.17, 15) is 14.7 Å². The number of nitrogens with zero attached hydrogens (tertiary/aromatic N) is 1. The molecule has 3 aromatic rings. The first kappa shape index (κ1) is 25.6. The molecule has 1 atom stereocenters. The first-order valence-corrected chi connectivity index (χ1v) is 11.7. The number of methoxy groups -OCH3 is 4. The van der Waals surface area contributed by atoms with E-state index in [1.807, 2.05) is 24.3 Å². The molecule has 1 unspecified atom stereocenters. The van der Waals surface area contributed by atoms with Gasteiger partial charge in [-0.1, -0.05) is 24.3 Å². The summed E-state index contributed by atoms with van der Waals surface area (Å²) >= 11 is 0. The van der Waals surface area contributed by atoms with Gasteiger partial charge in [0.15, 0.2) is 0 Å². The van der Waals surface area contributed by atoms with Crippen molar-refractivity contribution in [1.29, 1.82) is 0 Å². The van der Waals surface area contributed by atoms with Crippen LogP contribution in [0.15, 0.2) is 72.3 Å². The zero-order chi connectivity index (χ0) is 26.5. The number of carbonyl (C=O) groups is 2. The summed E-state index contributed by atoms with van der Waals surface area (Å²) in [5.41, 5.74) is 1.93. The molecule has 8 nitrogen and oxygen atoms in total. The lowest BCUT2D eigenvalue weighted by atomic mass is 9.94. The van der Waals surface area contributed by atoms with Crippen LogP contribution >= 0.6 is 0 Å². The molecule has 0 radical (unpaired) electrons. The largest absolute Gasteiger partial charge is 0.507 e. The van der Waals surface area contributed by atoms with Gasteiger partial charge in [0.2, 0.25) is 0 Å². The molecule has 1 aliphatic rings. The van der Waals surface area contributed by atoms with Crippen LogP contribution in [0.1, 0.15) is 22.7 Å². The minimum absolute atomic E-state index is 0.00614. The summed E-state index contributed by atoms with van der Waals surface area (Å²) in [5, 5.41) is 11.4. The number of hydrogen-bond donors (Lipinski definition) is 1. The molecule has 0 spiro atoms. The van der Waals surface area contributed by atoms with Gasteiger partial charge in [0, 0.05) is 12.6 Å². The van der Waals surface area contributed by atoms with E-state index in [2.05, 4.69) is 0 Å². The van der Waals surface area contributed by atoms with Crippen LogP contribution in [-0.2, 0) is 16.0 Å². The van der Waals surface area contributed by atoms with Crippen molar-refractivity contribution < 1.29 is 33.6 Å². The topological polar surface area (TPSA) is 94.5 Å². The maximum absolute atomic E-state index is 13.3. The number of aliphatic hydroxyl groups is 1. The first-order chi connectivity index (χ1) is 17.9. The molecule has 1 N–H and O–H groups in total. The second-order valence-corrected chi connectivity index (χ2v) is 8.43. The van der Waals surface area contributed by atoms with Gasteiger partial charge >= 0.3 is 0 Å². The Hall–Kier alpha value is -4.46. The van der Waals surface area contributed by atoms with Gasteiger partial charge in [-0.25, -0.2) is 0 Å². The van der Waals surface area contributed by atoms with Crippen LogP contribution < -0.4 is 18.9 Å². The van der Waals surface area contributed by atoms with Crippen LogP contribution in [0.5, 0.6) is 23.0 Å². The number of rotatable bonds is 9. The average molecular weight is 504 g/mol. The number of carbonyl (C=O) groups excluding carboxylic acids is 2. The highest BCUT2D eigenvalue weighted by Gasteiger charge is 2.46. The Labute approximate surface area is 215 Å². The van der Waals surface area contributed by atoms with E-state index < -0.39 is 17.7 Å². The lowest BCUT2D eigenvalue weighted by Crippen LogP contribution is -2.31. The quantitative estimate of drug-likeness (QED) is 0.263. The van der Waals surface area contributed by atoms with Gasteiger partial charge in [-0.3, -0.25) is 9.59 Å². The van der Waals surface area contributed by atoms with E-state index in [0.29, 0.717) is 29.2 Å². The smallest absolute Gasteiger partial charge is 0.295 e. The zero-order valence-corrected chi connectivity index (χ0v) is 21.2. The monoisotopic (exact) mass is 503 g/mol. The Morgan fingerprint density at radius 2 is 1.35 bits per heavy atom. The van der Waals surface area contributed by atoms with E-state index >= 15 is 0 Å². The summed E-state index contributed by atoms with van der Waals surface area (Å²) in [6.45, 7) is 0.268. The molecule has 0 saturated carbocycles. The number of benzene rings is 3. The molecular weight excluding hydrogens is 474 g/mol. The molecular formula is C29H29NO7. The van der Waals surface area contributed by atoms with Crippen LogP contribution in [0.4, 0.5) is 0 Å². The molecule has 4 rings (SSSR count). The number of likely N-dealkylation sites (tertiary alicyclic amines) is 1. The highest BCUT2D eigenvalue weighted by Crippen LogP contribution is 2.42. The number of amides is 1. The van der Waals surface area contributed by atoms with Crippen molar-refractivity contribution in [2.24, 2.45) is 0 Å². The molecule has 8 heteroatoms. The maximum Gasteiger partial charge on any atom is 0.295 e. The lowest BCUT2D eigenvalue weighted by Gasteiger charge is -2.25. The van der Waals surface area contributed by atoms with Crippen molar-refractivity contribution in [3.05, 3.63) is 89.0 Å². The number of ketones is 1. The number of hydrogen-bond acceptors (Lipinski definition) is 7. The second-order valence-electron chi connectivity index (χ2n) is 8.43. The summed E-state index contributed by atoms with van der Waals surface area (Å²) < 4.78 is 21.2. The number of ether oxygens (including phenoxy) is 4. The molecule has 1 heterocycles. The summed E-state index contributed by atoms with van der Waals surface area (Å²) in [6, 6.07) is 18.7. The predicted octanol–water partition coefficient (Wildman–Crippen LogP) is 4.39. The fraction of sp³-hybridized carbons (Fsp3) is 0.241. The van der Waals surface area contributed by atoms with Gasteiger partial charge in [-0.2, -0.15) is 0 Å². The van der Waals surface area contributed by atoms with Crippen LogP contribution in [-0.4, -0.2) is 56.7 Å². The van der Waals surface area contributed by atoms with Gasteiger partial charge in [0.05, 0.1) is 45.6 Å². The molecule has 192 valence electrons. The highest BCUT2D eigenvalue weighted by molar-refractivity contribution is 6.46. The highest BCUT2D eigenvalue weighted by atomic mass is 16.5. The van der Waals surface area contributed by atoms with E-state index in [-0.39, 0.29) is 23.4 Å². The summed E-state index contributed by atoms with van der Waals surface area (Å²) in [6.07, 6.45) is 0.509. The zero-order valence-electron chi connectivity index (χ0n) is 21.2. The Morgan fingerprint density at radius 3 is 1.92 bits per heavy atom. The molecule has 37 heavy (non-hydrogen) atoms. The van der Waals surface area contributed by atoms with Gasteiger partial charge in [-0.05, 0) is 53.9 Å². The van der Waals surface area contributed by atoms with E-state index in [1.54, 1.807) is 56.7 Å². The van der Waals surface area contributed by atoms with Crippen molar-refractivity contribution in [2.75, 3.05) is 35.0 Å². The molecule has 3 aromatic carbocycles. The molecule has 1 amide bonds. The third-order valence-electron chi connectivity index (χ3n) is 6.44. The standard InChI is InChI=1S/C29H29NO7/c1-34-20-9-5-18(6-10-20)15-16-30-26(19-7-11-21(35-2)12-8-19)25(28(32)29(30)33)27(31)23-14-13-22(36-3)17-24(23)37-4/h5-14,17,26,31H,15-16H2,1-4H3/b27-25-. The van der Waals surface area contributed by atoms with Crippen molar-refractivity contribution in [2.45, 2.75) is 12.5 Å². The van der Waals surface area contributed by atoms with Crippen molar-refractivity contribution in [1.82, 2.24) is 4.90 Å². The van der Waals surface area contributed by atoms with Gasteiger partial charge in [0.25, 0.3) is 11.7 Å². The summed E-state index contributed by atoms with van der Waals surface area (Å²) in [5.74, 6) is 0.460. The van der Waals surface area contributed by atoms with Gasteiger partial charge in [0.1, 0.15) is 28.8 Å². The molecule has 1 saturated heterocycles. The Balaban J connectivity index is 1.78. The molecule has 0 aliphatic carbocycles.